The first-order valence-corrected chi connectivity index (χ1v) is 15.9. The van der Waals surface area contributed by atoms with E-state index in [9.17, 15) is 0 Å². The molecule has 2 aliphatic carbocycles. The highest BCUT2D eigenvalue weighted by Crippen LogP contribution is 2.43. The minimum atomic E-state index is 1.01. The van der Waals surface area contributed by atoms with Crippen molar-refractivity contribution >= 4 is 38.3 Å². The molecule has 4 aromatic carbocycles. The van der Waals surface area contributed by atoms with E-state index in [-0.39, 0.29) is 0 Å². The number of para-hydroxylation sites is 2. The van der Waals surface area contributed by atoms with Crippen molar-refractivity contribution in [1.82, 2.24) is 14.1 Å². The van der Waals surface area contributed by atoms with Crippen LogP contribution in [0.4, 0.5) is 0 Å². The second-order valence-corrected chi connectivity index (χ2v) is 12.1. The van der Waals surface area contributed by atoms with Gasteiger partial charge in [-0.25, -0.2) is 4.98 Å². The average molecular weight is 568 g/mol. The monoisotopic (exact) mass is 567 g/mol. The van der Waals surface area contributed by atoms with Crippen LogP contribution in [0.3, 0.4) is 0 Å². The van der Waals surface area contributed by atoms with Crippen LogP contribution in [0.5, 0.6) is 0 Å². The Morgan fingerprint density at radius 2 is 1.34 bits per heavy atom. The molecule has 0 fully saturated rings. The van der Waals surface area contributed by atoms with Crippen molar-refractivity contribution in [2.24, 2.45) is 0 Å². The molecule has 44 heavy (non-hydrogen) atoms. The number of hydrogen-bond donors (Lipinski definition) is 0. The minimum absolute atomic E-state index is 1.01. The highest BCUT2D eigenvalue weighted by Gasteiger charge is 2.26. The van der Waals surface area contributed by atoms with Gasteiger partial charge in [0.15, 0.2) is 0 Å². The average Bonchev–Trinajstić information content (AvgIpc) is 3.62. The molecular weight excluding hydrogens is 534 g/mol. The summed E-state index contributed by atoms with van der Waals surface area (Å²) in [5.41, 5.74) is 12.5. The molecule has 7 aromatic rings. The molecule has 2 aliphatic rings. The fraction of sp³-hybridized carbons (Fsp3) is 0.146. The Balaban J connectivity index is 1.44. The van der Waals surface area contributed by atoms with Crippen LogP contribution >= 0.6 is 0 Å². The fourth-order valence-electron chi connectivity index (χ4n) is 7.55. The Morgan fingerprint density at radius 1 is 0.591 bits per heavy atom. The number of aryl methyl sites for hydroxylation is 1. The third-order valence-corrected chi connectivity index (χ3v) is 9.52. The first kappa shape index (κ1) is 25.4. The molecule has 212 valence electrons. The van der Waals surface area contributed by atoms with E-state index >= 15 is 0 Å². The normalized spacial score (nSPS) is 14.8. The maximum Gasteiger partial charge on any atom is 0.138 e. The Kier molecular flexibility index (Phi) is 5.90. The van der Waals surface area contributed by atoms with Crippen LogP contribution in [0.1, 0.15) is 42.5 Å². The predicted octanol–water partition coefficient (Wildman–Crippen LogP) is 10.4. The molecule has 0 unspecified atom stereocenters. The maximum absolute atomic E-state index is 5.46. The molecule has 0 bridgehead atoms. The van der Waals surface area contributed by atoms with E-state index in [0.717, 1.165) is 42.8 Å². The van der Waals surface area contributed by atoms with E-state index in [1.165, 1.54) is 73.6 Å². The second-order valence-electron chi connectivity index (χ2n) is 12.1. The van der Waals surface area contributed by atoms with Gasteiger partial charge < -0.3 is 4.57 Å². The molecule has 0 spiro atoms. The van der Waals surface area contributed by atoms with Crippen LogP contribution in [-0.2, 0) is 12.8 Å². The molecular formula is C41H33N3. The van der Waals surface area contributed by atoms with Crippen molar-refractivity contribution in [1.29, 1.82) is 0 Å². The van der Waals surface area contributed by atoms with Crippen LogP contribution in [0, 0.1) is 0 Å². The van der Waals surface area contributed by atoms with Crippen molar-refractivity contribution in [2.45, 2.75) is 38.5 Å². The molecule has 3 aromatic heterocycles. The summed E-state index contributed by atoms with van der Waals surface area (Å²) >= 11 is 0. The van der Waals surface area contributed by atoms with Crippen molar-refractivity contribution in [3.05, 3.63) is 144 Å². The molecule has 3 nitrogen and oxygen atoms in total. The van der Waals surface area contributed by atoms with Gasteiger partial charge in [-0.1, -0.05) is 97.1 Å². The summed E-state index contributed by atoms with van der Waals surface area (Å²) in [6.45, 7) is 0. The standard InChI is InChI=1S/C41H33N3/c1-4-14-28(15-5-1)30-26-36(29-16-6-2-7-17-29)42-39(27-30)44-38-23-13-11-21-33(38)35-25-24-34-32-20-10-12-22-37(32)43(40(34)41(35)44)31-18-8-3-9-19-31/h2-4,6-10,12,14-20,22,24-27H,1,5,11,13,21,23H2. The Bertz CT molecular complexity index is 2260. The van der Waals surface area contributed by atoms with Crippen LogP contribution < -0.4 is 0 Å². The second kappa shape index (κ2) is 10.2. The van der Waals surface area contributed by atoms with Crippen LogP contribution in [0.15, 0.2) is 127 Å². The summed E-state index contributed by atoms with van der Waals surface area (Å²) in [4.78, 5) is 5.46. The number of hydrogen-bond acceptors (Lipinski definition) is 1. The highest BCUT2D eigenvalue weighted by atomic mass is 15.1. The summed E-state index contributed by atoms with van der Waals surface area (Å²) in [5, 5.41) is 3.92. The predicted molar refractivity (Wildman–Crippen MR) is 184 cm³/mol. The minimum Gasteiger partial charge on any atom is -0.307 e. The van der Waals surface area contributed by atoms with Crippen LogP contribution in [0.2, 0.25) is 0 Å². The van der Waals surface area contributed by atoms with Gasteiger partial charge in [-0.3, -0.25) is 4.57 Å². The summed E-state index contributed by atoms with van der Waals surface area (Å²) in [6.07, 6.45) is 13.7. The lowest BCUT2D eigenvalue weighted by molar-refractivity contribution is 0.665. The Labute approximate surface area is 257 Å². The molecule has 3 heteroatoms. The zero-order valence-electron chi connectivity index (χ0n) is 24.7. The number of rotatable bonds is 4. The Hall–Kier alpha value is -5.15. The van der Waals surface area contributed by atoms with Gasteiger partial charge in [0.2, 0.25) is 0 Å². The van der Waals surface area contributed by atoms with Crippen molar-refractivity contribution in [3.63, 3.8) is 0 Å². The number of allylic oxidation sites excluding steroid dienone is 4. The molecule has 3 heterocycles. The molecule has 9 rings (SSSR count). The van der Waals surface area contributed by atoms with Gasteiger partial charge >= 0.3 is 0 Å². The third kappa shape index (κ3) is 3.92. The molecule has 0 amide bonds. The number of fused-ring (bicyclic) bond motifs is 7. The zero-order chi connectivity index (χ0) is 29.0. The van der Waals surface area contributed by atoms with Gasteiger partial charge in [-0.2, -0.15) is 0 Å². The SMILES string of the molecule is C1=CC(c2cc(-c3ccccc3)nc(-n3c4c(c5ccc6c7ccccc7n(-c7ccccc7)c6c53)CCCC4)c2)=CCC1. The lowest BCUT2D eigenvalue weighted by atomic mass is 9.95. The summed E-state index contributed by atoms with van der Waals surface area (Å²) in [7, 11) is 0. The number of aromatic nitrogens is 3. The molecule has 0 radical (unpaired) electrons. The van der Waals surface area contributed by atoms with Crippen molar-refractivity contribution in [2.75, 3.05) is 0 Å². The topological polar surface area (TPSA) is 22.8 Å². The van der Waals surface area contributed by atoms with E-state index in [0.29, 0.717) is 0 Å². The smallest absolute Gasteiger partial charge is 0.138 e. The Morgan fingerprint density at radius 3 is 2.18 bits per heavy atom. The molecule has 0 atom stereocenters. The number of benzene rings is 4. The van der Waals surface area contributed by atoms with Crippen LogP contribution in [0.25, 0.3) is 61.0 Å². The molecule has 0 saturated heterocycles. The summed E-state index contributed by atoms with van der Waals surface area (Å²) in [5.74, 6) is 1.01. The number of nitrogens with zero attached hydrogens (tertiary/aromatic N) is 3. The van der Waals surface area contributed by atoms with Crippen molar-refractivity contribution in [3.8, 4) is 22.8 Å². The van der Waals surface area contributed by atoms with Crippen molar-refractivity contribution < 1.29 is 0 Å². The quantitative estimate of drug-likeness (QED) is 0.207. The van der Waals surface area contributed by atoms with E-state index < -0.39 is 0 Å². The molecule has 0 saturated carbocycles. The third-order valence-electron chi connectivity index (χ3n) is 9.52. The zero-order valence-corrected chi connectivity index (χ0v) is 24.7. The first-order valence-electron chi connectivity index (χ1n) is 15.9. The van der Waals surface area contributed by atoms with E-state index in [4.69, 9.17) is 4.98 Å². The van der Waals surface area contributed by atoms with Gasteiger partial charge in [-0.05, 0) is 85.6 Å². The summed E-state index contributed by atoms with van der Waals surface area (Å²) < 4.78 is 5.01. The number of pyridine rings is 1. The maximum atomic E-state index is 5.46. The van der Waals surface area contributed by atoms with Gasteiger partial charge in [0.05, 0.1) is 22.2 Å². The highest BCUT2D eigenvalue weighted by molar-refractivity contribution is 6.19. The summed E-state index contributed by atoms with van der Waals surface area (Å²) in [6, 6.07) is 39.7. The fourth-order valence-corrected chi connectivity index (χ4v) is 7.55. The van der Waals surface area contributed by atoms with Gasteiger partial charge in [0, 0.05) is 33.1 Å². The van der Waals surface area contributed by atoms with Gasteiger partial charge in [0.1, 0.15) is 5.82 Å². The van der Waals surface area contributed by atoms with E-state index in [1.807, 2.05) is 0 Å². The lowest BCUT2D eigenvalue weighted by Crippen LogP contribution is -2.09. The van der Waals surface area contributed by atoms with Gasteiger partial charge in [-0.15, -0.1) is 0 Å². The molecule has 0 aliphatic heterocycles. The lowest BCUT2D eigenvalue weighted by Gasteiger charge is -2.18. The van der Waals surface area contributed by atoms with Crippen LogP contribution in [-0.4, -0.2) is 14.1 Å². The molecule has 0 N–H and O–H groups in total. The van der Waals surface area contributed by atoms with E-state index in [1.54, 1.807) is 0 Å². The van der Waals surface area contributed by atoms with Gasteiger partial charge in [0.25, 0.3) is 0 Å². The van der Waals surface area contributed by atoms with E-state index in [2.05, 4.69) is 137 Å². The largest absolute Gasteiger partial charge is 0.307 e. The first-order chi connectivity index (χ1) is 21.8.